The van der Waals surface area contributed by atoms with Crippen LogP contribution in [0.3, 0.4) is 0 Å². The topological polar surface area (TPSA) is 58.1 Å². The first-order valence-electron chi connectivity index (χ1n) is 3.67. The van der Waals surface area contributed by atoms with E-state index in [-0.39, 0.29) is 0 Å². The van der Waals surface area contributed by atoms with E-state index < -0.39 is 5.54 Å². The van der Waals surface area contributed by atoms with Crippen LogP contribution in [0.15, 0.2) is 11.3 Å². The van der Waals surface area contributed by atoms with Gasteiger partial charge in [0, 0.05) is 5.69 Å². The molecule has 0 unspecified atom stereocenters. The van der Waals surface area contributed by atoms with Crippen molar-refractivity contribution in [1.29, 1.82) is 0 Å². The summed E-state index contributed by atoms with van der Waals surface area (Å²) < 4.78 is 0. The fourth-order valence-electron chi connectivity index (χ4n) is 1.14. The van der Waals surface area contributed by atoms with E-state index >= 15 is 0 Å². The van der Waals surface area contributed by atoms with Gasteiger partial charge in [-0.1, -0.05) is 0 Å². The van der Waals surface area contributed by atoms with Crippen molar-refractivity contribution in [2.45, 2.75) is 26.3 Å². The molecule has 0 aliphatic heterocycles. The highest BCUT2D eigenvalue weighted by Gasteiger charge is 2.23. The molecule has 0 aromatic carbocycles. The monoisotopic (exact) mass is 165 g/mol. The Morgan fingerprint density at radius 2 is 2.33 bits per heavy atom. The van der Waals surface area contributed by atoms with E-state index in [0.29, 0.717) is 0 Å². The Labute approximate surface area is 70.7 Å². The van der Waals surface area contributed by atoms with Gasteiger partial charge in [0.05, 0.1) is 12.0 Å². The number of carbonyl (C=O) groups excluding carboxylic acids is 1. The van der Waals surface area contributed by atoms with Gasteiger partial charge in [0.25, 0.3) is 0 Å². The fraction of sp³-hybridized carbons (Fsp3) is 0.500. The van der Waals surface area contributed by atoms with Crippen molar-refractivity contribution in [2.75, 3.05) is 0 Å². The maximum Gasteiger partial charge on any atom is 0.235 e. The molecule has 64 valence electrons. The Bertz CT molecular complexity index is 321. The van der Waals surface area contributed by atoms with Crippen LogP contribution in [0.5, 0.6) is 0 Å². The summed E-state index contributed by atoms with van der Waals surface area (Å²) in [5.74, 6) is 0. The number of nitrogens with one attached hydrogen (secondary N) is 1. The van der Waals surface area contributed by atoms with Gasteiger partial charge in [-0.2, -0.15) is 4.99 Å². The average Bonchev–Trinajstić information content (AvgIpc) is 2.35. The zero-order chi connectivity index (χ0) is 9.19. The van der Waals surface area contributed by atoms with Gasteiger partial charge >= 0.3 is 0 Å². The number of aromatic amines is 1. The third-order valence-corrected chi connectivity index (χ3v) is 1.73. The SMILES string of the molecule is Cc1[nH]cnc1C(C)(C)N=C=O. The molecule has 0 radical (unpaired) electrons. The van der Waals surface area contributed by atoms with Crippen LogP contribution in [0.4, 0.5) is 0 Å². The molecule has 1 aromatic heterocycles. The number of nitrogens with zero attached hydrogens (tertiary/aromatic N) is 2. The van der Waals surface area contributed by atoms with E-state index in [0.717, 1.165) is 11.4 Å². The maximum atomic E-state index is 10.1. The van der Waals surface area contributed by atoms with Gasteiger partial charge in [-0.3, -0.25) is 0 Å². The number of hydrogen-bond acceptors (Lipinski definition) is 3. The number of hydrogen-bond donors (Lipinski definition) is 1. The molecule has 1 aromatic rings. The number of H-pyrrole nitrogens is 1. The smallest absolute Gasteiger partial charge is 0.235 e. The second-order valence-corrected chi connectivity index (χ2v) is 3.14. The molecule has 12 heavy (non-hydrogen) atoms. The van der Waals surface area contributed by atoms with Crippen LogP contribution >= 0.6 is 0 Å². The Kier molecular flexibility index (Phi) is 2.11. The van der Waals surface area contributed by atoms with Gasteiger partial charge in [-0.05, 0) is 20.8 Å². The van der Waals surface area contributed by atoms with Crippen LogP contribution in [0.1, 0.15) is 25.2 Å². The minimum absolute atomic E-state index is 0.578. The first kappa shape index (κ1) is 8.68. The molecular formula is C8H11N3O. The predicted molar refractivity (Wildman–Crippen MR) is 44.5 cm³/mol. The highest BCUT2D eigenvalue weighted by molar-refractivity contribution is 5.36. The van der Waals surface area contributed by atoms with Crippen molar-refractivity contribution >= 4 is 6.08 Å². The van der Waals surface area contributed by atoms with Crippen LogP contribution in [0, 0.1) is 6.92 Å². The largest absolute Gasteiger partial charge is 0.348 e. The summed E-state index contributed by atoms with van der Waals surface area (Å²) in [6, 6.07) is 0. The fourth-order valence-corrected chi connectivity index (χ4v) is 1.14. The van der Waals surface area contributed by atoms with E-state index in [2.05, 4.69) is 15.0 Å². The van der Waals surface area contributed by atoms with Crippen molar-refractivity contribution in [3.63, 3.8) is 0 Å². The molecule has 0 aliphatic rings. The molecule has 0 atom stereocenters. The molecule has 1 heterocycles. The molecule has 4 nitrogen and oxygen atoms in total. The minimum atomic E-state index is -0.578. The lowest BCUT2D eigenvalue weighted by Gasteiger charge is -2.14. The maximum absolute atomic E-state index is 10.1. The molecule has 0 fully saturated rings. The summed E-state index contributed by atoms with van der Waals surface area (Å²) in [5, 5.41) is 0. The third kappa shape index (κ3) is 1.43. The van der Waals surface area contributed by atoms with E-state index in [4.69, 9.17) is 0 Å². The summed E-state index contributed by atoms with van der Waals surface area (Å²) in [4.78, 5) is 20.8. The normalized spacial score (nSPS) is 10.9. The second-order valence-electron chi connectivity index (χ2n) is 3.14. The lowest BCUT2D eigenvalue weighted by atomic mass is 10.0. The highest BCUT2D eigenvalue weighted by Crippen LogP contribution is 2.23. The molecular weight excluding hydrogens is 154 g/mol. The Hall–Kier alpha value is -1.41. The van der Waals surface area contributed by atoms with Gasteiger partial charge in [0.2, 0.25) is 6.08 Å². The number of rotatable bonds is 2. The number of aliphatic imine (C=N–C) groups is 1. The first-order valence-corrected chi connectivity index (χ1v) is 3.67. The van der Waals surface area contributed by atoms with E-state index in [1.807, 2.05) is 20.8 Å². The number of aromatic nitrogens is 2. The first-order chi connectivity index (χ1) is 5.58. The quantitative estimate of drug-likeness (QED) is 0.530. The lowest BCUT2D eigenvalue weighted by Crippen LogP contribution is -2.15. The van der Waals surface area contributed by atoms with Crippen molar-refractivity contribution in [1.82, 2.24) is 9.97 Å². The summed E-state index contributed by atoms with van der Waals surface area (Å²) in [6.45, 7) is 5.53. The number of aryl methyl sites for hydroxylation is 1. The van der Waals surface area contributed by atoms with Gasteiger partial charge in [-0.15, -0.1) is 0 Å². The number of isocyanates is 1. The molecule has 4 heteroatoms. The molecule has 0 amide bonds. The Morgan fingerprint density at radius 3 is 2.75 bits per heavy atom. The van der Waals surface area contributed by atoms with Crippen LogP contribution in [-0.2, 0) is 10.3 Å². The predicted octanol–water partition coefficient (Wildman–Crippen LogP) is 1.29. The molecule has 0 saturated carbocycles. The zero-order valence-corrected chi connectivity index (χ0v) is 7.38. The molecule has 0 spiro atoms. The van der Waals surface area contributed by atoms with Crippen molar-refractivity contribution in [3.8, 4) is 0 Å². The van der Waals surface area contributed by atoms with Crippen LogP contribution < -0.4 is 0 Å². The minimum Gasteiger partial charge on any atom is -0.348 e. The zero-order valence-electron chi connectivity index (χ0n) is 7.38. The van der Waals surface area contributed by atoms with Crippen molar-refractivity contribution in [3.05, 3.63) is 17.7 Å². The van der Waals surface area contributed by atoms with Crippen LogP contribution in [0.25, 0.3) is 0 Å². The van der Waals surface area contributed by atoms with E-state index in [1.54, 1.807) is 12.4 Å². The highest BCUT2D eigenvalue weighted by atomic mass is 16.1. The lowest BCUT2D eigenvalue weighted by molar-refractivity contribution is 0.512. The molecule has 1 N–H and O–H groups in total. The van der Waals surface area contributed by atoms with Crippen LogP contribution in [-0.4, -0.2) is 16.0 Å². The molecule has 0 bridgehead atoms. The van der Waals surface area contributed by atoms with E-state index in [1.165, 1.54) is 0 Å². The average molecular weight is 165 g/mol. The number of imidazole rings is 1. The molecule has 0 saturated heterocycles. The standard InChI is InChI=1S/C8H11N3O/c1-6-7(10-4-9-6)8(2,3)11-5-12/h4H,1-3H3,(H,9,10). The Balaban J connectivity index is 3.12. The van der Waals surface area contributed by atoms with Gasteiger partial charge in [0.1, 0.15) is 5.54 Å². The van der Waals surface area contributed by atoms with Crippen molar-refractivity contribution in [2.24, 2.45) is 4.99 Å². The summed E-state index contributed by atoms with van der Waals surface area (Å²) in [6.07, 6.45) is 3.13. The summed E-state index contributed by atoms with van der Waals surface area (Å²) in [7, 11) is 0. The van der Waals surface area contributed by atoms with E-state index in [9.17, 15) is 4.79 Å². The van der Waals surface area contributed by atoms with Crippen molar-refractivity contribution < 1.29 is 4.79 Å². The summed E-state index contributed by atoms with van der Waals surface area (Å²) in [5.41, 5.74) is 1.14. The molecule has 0 aliphatic carbocycles. The third-order valence-electron chi connectivity index (χ3n) is 1.73. The van der Waals surface area contributed by atoms with Gasteiger partial charge < -0.3 is 4.98 Å². The Morgan fingerprint density at radius 1 is 1.67 bits per heavy atom. The van der Waals surface area contributed by atoms with Gasteiger partial charge in [-0.25, -0.2) is 9.78 Å². The second kappa shape index (κ2) is 2.91. The van der Waals surface area contributed by atoms with Crippen LogP contribution in [0.2, 0.25) is 0 Å². The molecule has 1 rings (SSSR count). The summed E-state index contributed by atoms with van der Waals surface area (Å²) >= 11 is 0. The van der Waals surface area contributed by atoms with Gasteiger partial charge in [0.15, 0.2) is 0 Å².